The number of rotatable bonds is 6. The highest BCUT2D eigenvalue weighted by Gasteiger charge is 2.08. The Kier molecular flexibility index (Phi) is 5.23. The van der Waals surface area contributed by atoms with E-state index in [1.165, 1.54) is 5.56 Å². The summed E-state index contributed by atoms with van der Waals surface area (Å²) < 4.78 is 11.2. The van der Waals surface area contributed by atoms with Crippen LogP contribution < -0.4 is 15.2 Å². The molecule has 3 heteroatoms. The number of hydrogen-bond donors (Lipinski definition) is 1. The fourth-order valence-electron chi connectivity index (χ4n) is 2.18. The second-order valence-corrected chi connectivity index (χ2v) is 5.43. The Morgan fingerprint density at radius 1 is 1.10 bits per heavy atom. The molecule has 1 unspecified atom stereocenters. The maximum atomic E-state index is 5.95. The minimum absolute atomic E-state index is 0.0823. The van der Waals surface area contributed by atoms with Gasteiger partial charge in [0.25, 0.3) is 0 Å². The first kappa shape index (κ1) is 15.4. The predicted octanol–water partition coefficient (Wildman–Crippen LogP) is 3.47. The molecule has 1 atom stereocenters. The first-order valence-electron chi connectivity index (χ1n) is 7.19. The van der Waals surface area contributed by atoms with E-state index in [9.17, 15) is 0 Å². The van der Waals surface area contributed by atoms with E-state index in [0.29, 0.717) is 6.61 Å². The van der Waals surface area contributed by atoms with Gasteiger partial charge in [-0.25, -0.2) is 0 Å². The number of hydrogen-bond acceptors (Lipinski definition) is 3. The summed E-state index contributed by atoms with van der Waals surface area (Å²) in [6, 6.07) is 14.3. The molecule has 0 radical (unpaired) electrons. The zero-order valence-electron chi connectivity index (χ0n) is 12.9. The van der Waals surface area contributed by atoms with Crippen LogP contribution in [0.15, 0.2) is 42.5 Å². The summed E-state index contributed by atoms with van der Waals surface area (Å²) in [6.07, 6.45) is 0.764. The Labute approximate surface area is 126 Å². The fraction of sp³-hybridized carbons (Fsp3) is 0.333. The molecule has 2 aromatic rings. The summed E-state index contributed by atoms with van der Waals surface area (Å²) in [5, 5.41) is 0. The first-order chi connectivity index (χ1) is 10.1. The van der Waals surface area contributed by atoms with Crippen LogP contribution in [0.1, 0.15) is 23.6 Å². The molecule has 21 heavy (non-hydrogen) atoms. The Morgan fingerprint density at radius 2 is 1.81 bits per heavy atom. The molecule has 0 saturated carbocycles. The molecule has 0 saturated heterocycles. The topological polar surface area (TPSA) is 44.5 Å². The van der Waals surface area contributed by atoms with Crippen molar-refractivity contribution in [3.05, 3.63) is 59.2 Å². The first-order valence-corrected chi connectivity index (χ1v) is 7.19. The van der Waals surface area contributed by atoms with Gasteiger partial charge in [-0.05, 0) is 49.6 Å². The van der Waals surface area contributed by atoms with Crippen LogP contribution in [-0.4, -0.2) is 13.2 Å². The molecule has 112 valence electrons. The van der Waals surface area contributed by atoms with E-state index in [2.05, 4.69) is 31.2 Å². The number of methoxy groups -OCH3 is 1. The molecular formula is C18H23NO2. The van der Waals surface area contributed by atoms with Crippen molar-refractivity contribution in [2.45, 2.75) is 32.9 Å². The molecule has 0 aromatic heterocycles. The van der Waals surface area contributed by atoms with Gasteiger partial charge in [-0.15, -0.1) is 0 Å². The molecule has 0 bridgehead atoms. The summed E-state index contributed by atoms with van der Waals surface area (Å²) in [6.45, 7) is 4.62. The molecule has 0 amide bonds. The molecule has 2 rings (SSSR count). The van der Waals surface area contributed by atoms with Crippen LogP contribution in [0, 0.1) is 6.92 Å². The van der Waals surface area contributed by atoms with Gasteiger partial charge in [0.15, 0.2) is 0 Å². The Bertz CT molecular complexity index is 576. The van der Waals surface area contributed by atoms with Gasteiger partial charge in [0.2, 0.25) is 0 Å². The van der Waals surface area contributed by atoms with Crippen LogP contribution in [0.4, 0.5) is 0 Å². The van der Waals surface area contributed by atoms with Crippen LogP contribution in [0.25, 0.3) is 0 Å². The Balaban J connectivity index is 2.12. The van der Waals surface area contributed by atoms with E-state index in [1.54, 1.807) is 7.11 Å². The largest absolute Gasteiger partial charge is 0.497 e. The van der Waals surface area contributed by atoms with Crippen molar-refractivity contribution in [2.75, 3.05) is 7.11 Å². The van der Waals surface area contributed by atoms with Gasteiger partial charge in [0, 0.05) is 6.04 Å². The normalized spacial score (nSPS) is 12.0. The Morgan fingerprint density at radius 3 is 2.43 bits per heavy atom. The van der Waals surface area contributed by atoms with E-state index in [4.69, 9.17) is 15.2 Å². The second kappa shape index (κ2) is 7.14. The van der Waals surface area contributed by atoms with E-state index >= 15 is 0 Å². The minimum atomic E-state index is 0.0823. The van der Waals surface area contributed by atoms with Gasteiger partial charge >= 0.3 is 0 Å². The quantitative estimate of drug-likeness (QED) is 0.884. The lowest BCUT2D eigenvalue weighted by molar-refractivity contribution is 0.301. The maximum Gasteiger partial charge on any atom is 0.123 e. The summed E-state index contributed by atoms with van der Waals surface area (Å²) in [5.41, 5.74) is 9.40. The number of ether oxygens (including phenoxy) is 2. The molecule has 3 nitrogen and oxygen atoms in total. The average molecular weight is 285 g/mol. The van der Waals surface area contributed by atoms with E-state index in [0.717, 1.165) is 29.0 Å². The number of benzene rings is 2. The SMILES string of the molecule is COc1ccc(OCc2ccc(C)cc2)c(CC(C)N)c1. The lowest BCUT2D eigenvalue weighted by Crippen LogP contribution is -2.18. The highest BCUT2D eigenvalue weighted by Crippen LogP contribution is 2.26. The molecule has 0 heterocycles. The van der Waals surface area contributed by atoms with Gasteiger partial charge in [0.05, 0.1) is 7.11 Å². The average Bonchev–Trinajstić information content (AvgIpc) is 2.47. The highest BCUT2D eigenvalue weighted by atomic mass is 16.5. The van der Waals surface area contributed by atoms with Gasteiger partial charge in [-0.1, -0.05) is 29.8 Å². The van der Waals surface area contributed by atoms with Crippen LogP contribution in [-0.2, 0) is 13.0 Å². The van der Waals surface area contributed by atoms with Gasteiger partial charge in [-0.3, -0.25) is 0 Å². The summed E-state index contributed by atoms with van der Waals surface area (Å²) in [5.74, 6) is 1.70. The third-order valence-electron chi connectivity index (χ3n) is 3.32. The second-order valence-electron chi connectivity index (χ2n) is 5.43. The van der Waals surface area contributed by atoms with Gasteiger partial charge in [0.1, 0.15) is 18.1 Å². The third-order valence-corrected chi connectivity index (χ3v) is 3.32. The zero-order valence-corrected chi connectivity index (χ0v) is 12.9. The fourth-order valence-corrected chi connectivity index (χ4v) is 2.18. The molecule has 0 aliphatic heterocycles. The lowest BCUT2D eigenvalue weighted by Gasteiger charge is -2.14. The van der Waals surface area contributed by atoms with E-state index in [1.807, 2.05) is 25.1 Å². The van der Waals surface area contributed by atoms with Crippen molar-refractivity contribution in [1.29, 1.82) is 0 Å². The summed E-state index contributed by atoms with van der Waals surface area (Å²) in [7, 11) is 1.66. The van der Waals surface area contributed by atoms with Crippen LogP contribution in [0.5, 0.6) is 11.5 Å². The van der Waals surface area contributed by atoms with Gasteiger partial charge in [-0.2, -0.15) is 0 Å². The van der Waals surface area contributed by atoms with Crippen LogP contribution in [0.2, 0.25) is 0 Å². The standard InChI is InChI=1S/C18H23NO2/c1-13-4-6-15(7-5-13)12-21-18-9-8-17(20-3)11-16(18)10-14(2)19/h4-9,11,14H,10,12,19H2,1-3H3. The molecular weight excluding hydrogens is 262 g/mol. The van der Waals surface area contributed by atoms with Crippen molar-refractivity contribution >= 4 is 0 Å². The number of aryl methyl sites for hydroxylation is 1. The van der Waals surface area contributed by atoms with E-state index in [-0.39, 0.29) is 6.04 Å². The number of nitrogens with two attached hydrogens (primary N) is 1. The van der Waals surface area contributed by atoms with E-state index < -0.39 is 0 Å². The molecule has 2 aromatic carbocycles. The van der Waals surface area contributed by atoms with Gasteiger partial charge < -0.3 is 15.2 Å². The zero-order chi connectivity index (χ0) is 15.2. The smallest absolute Gasteiger partial charge is 0.123 e. The third kappa shape index (κ3) is 4.50. The maximum absolute atomic E-state index is 5.95. The van der Waals surface area contributed by atoms with Crippen LogP contribution >= 0.6 is 0 Å². The van der Waals surface area contributed by atoms with Crippen LogP contribution in [0.3, 0.4) is 0 Å². The van der Waals surface area contributed by atoms with Crippen molar-refractivity contribution in [3.8, 4) is 11.5 Å². The summed E-state index contributed by atoms with van der Waals surface area (Å²) in [4.78, 5) is 0. The molecule has 0 aliphatic carbocycles. The van der Waals surface area contributed by atoms with Crippen molar-refractivity contribution in [3.63, 3.8) is 0 Å². The molecule has 2 N–H and O–H groups in total. The Hall–Kier alpha value is -2.00. The minimum Gasteiger partial charge on any atom is -0.497 e. The predicted molar refractivity (Wildman–Crippen MR) is 85.9 cm³/mol. The van der Waals surface area contributed by atoms with Crippen molar-refractivity contribution < 1.29 is 9.47 Å². The molecule has 0 fully saturated rings. The molecule has 0 aliphatic rings. The van der Waals surface area contributed by atoms with Crippen molar-refractivity contribution in [2.24, 2.45) is 5.73 Å². The van der Waals surface area contributed by atoms with Crippen molar-refractivity contribution in [1.82, 2.24) is 0 Å². The highest BCUT2D eigenvalue weighted by molar-refractivity contribution is 5.41. The molecule has 0 spiro atoms. The monoisotopic (exact) mass is 285 g/mol. The summed E-state index contributed by atoms with van der Waals surface area (Å²) >= 11 is 0. The lowest BCUT2D eigenvalue weighted by atomic mass is 10.1.